The van der Waals surface area contributed by atoms with E-state index in [9.17, 15) is 5.11 Å². The lowest BCUT2D eigenvalue weighted by molar-refractivity contribution is 0.309. The lowest BCUT2D eigenvalue weighted by atomic mass is 10.1. The van der Waals surface area contributed by atoms with E-state index >= 15 is 0 Å². The van der Waals surface area contributed by atoms with Gasteiger partial charge in [0, 0.05) is 16.5 Å². The number of phenols is 1. The zero-order valence-electron chi connectivity index (χ0n) is 10.9. The predicted molar refractivity (Wildman–Crippen MR) is 80.8 cm³/mol. The smallest absolute Gasteiger partial charge is 0.127 e. The maximum absolute atomic E-state index is 9.45. The van der Waals surface area contributed by atoms with Gasteiger partial charge in [0.25, 0.3) is 0 Å². The quantitative estimate of drug-likeness (QED) is 0.710. The van der Waals surface area contributed by atoms with Crippen molar-refractivity contribution in [3.63, 3.8) is 0 Å². The topological polar surface area (TPSA) is 55.5 Å². The number of aromatic hydroxyl groups is 1. The molecule has 0 radical (unpaired) electrons. The van der Waals surface area contributed by atoms with Gasteiger partial charge in [-0.15, -0.1) is 0 Å². The van der Waals surface area contributed by atoms with Gasteiger partial charge in [0.1, 0.15) is 18.1 Å². The van der Waals surface area contributed by atoms with E-state index in [-0.39, 0.29) is 5.75 Å². The van der Waals surface area contributed by atoms with Crippen LogP contribution in [0.25, 0.3) is 10.8 Å². The van der Waals surface area contributed by atoms with E-state index in [2.05, 4.69) is 0 Å². The highest BCUT2D eigenvalue weighted by Gasteiger charge is 2.05. The summed E-state index contributed by atoms with van der Waals surface area (Å²) in [5.74, 6) is 1.03. The molecule has 100 valence electrons. The standard InChI is InChI=1S/C17H15NO2/c18-16-8-9-17(15-7-2-1-6-14(15)16)20-11-12-4-3-5-13(19)10-12/h1-10,19H,11,18H2. The van der Waals surface area contributed by atoms with Crippen molar-refractivity contribution in [2.24, 2.45) is 0 Å². The van der Waals surface area contributed by atoms with Crippen LogP contribution in [-0.2, 0) is 6.61 Å². The Morgan fingerprint density at radius 2 is 1.70 bits per heavy atom. The third kappa shape index (κ3) is 2.38. The number of hydrogen-bond acceptors (Lipinski definition) is 3. The fourth-order valence-electron chi connectivity index (χ4n) is 2.23. The lowest BCUT2D eigenvalue weighted by Crippen LogP contribution is -1.97. The Kier molecular flexibility index (Phi) is 3.17. The fraction of sp³-hybridized carbons (Fsp3) is 0.0588. The normalized spacial score (nSPS) is 10.6. The van der Waals surface area contributed by atoms with Crippen LogP contribution in [-0.4, -0.2) is 5.11 Å². The minimum absolute atomic E-state index is 0.244. The molecule has 0 aliphatic rings. The molecule has 0 saturated heterocycles. The molecule has 3 aromatic carbocycles. The summed E-state index contributed by atoms with van der Waals surface area (Å²) >= 11 is 0. The van der Waals surface area contributed by atoms with E-state index < -0.39 is 0 Å². The van der Waals surface area contributed by atoms with Crippen LogP contribution in [0.4, 0.5) is 5.69 Å². The van der Waals surface area contributed by atoms with Crippen molar-refractivity contribution < 1.29 is 9.84 Å². The van der Waals surface area contributed by atoms with Gasteiger partial charge in [-0.2, -0.15) is 0 Å². The molecule has 20 heavy (non-hydrogen) atoms. The van der Waals surface area contributed by atoms with Crippen LogP contribution in [0.3, 0.4) is 0 Å². The summed E-state index contributed by atoms with van der Waals surface area (Å²) in [5.41, 5.74) is 7.63. The molecule has 0 spiro atoms. The molecular formula is C17H15NO2. The number of hydrogen-bond donors (Lipinski definition) is 2. The number of phenolic OH excluding ortho intramolecular Hbond substituents is 1. The second kappa shape index (κ2) is 5.13. The Labute approximate surface area is 117 Å². The van der Waals surface area contributed by atoms with Crippen LogP contribution in [0.2, 0.25) is 0 Å². The maximum Gasteiger partial charge on any atom is 0.127 e. The molecule has 0 aliphatic carbocycles. The van der Waals surface area contributed by atoms with Gasteiger partial charge in [0.05, 0.1) is 0 Å². The van der Waals surface area contributed by atoms with Crippen molar-refractivity contribution in [1.82, 2.24) is 0 Å². The Morgan fingerprint density at radius 3 is 2.50 bits per heavy atom. The van der Waals surface area contributed by atoms with Gasteiger partial charge in [0.15, 0.2) is 0 Å². The average Bonchev–Trinajstić information content (AvgIpc) is 2.47. The predicted octanol–water partition coefficient (Wildman–Crippen LogP) is 3.71. The number of anilines is 1. The Balaban J connectivity index is 1.90. The van der Waals surface area contributed by atoms with E-state index in [1.165, 1.54) is 0 Å². The first-order valence-corrected chi connectivity index (χ1v) is 6.42. The van der Waals surface area contributed by atoms with E-state index in [4.69, 9.17) is 10.5 Å². The Bertz CT molecular complexity index is 753. The molecule has 3 nitrogen and oxygen atoms in total. The first-order valence-electron chi connectivity index (χ1n) is 6.42. The fourth-order valence-corrected chi connectivity index (χ4v) is 2.23. The highest BCUT2D eigenvalue weighted by Crippen LogP contribution is 2.30. The third-order valence-corrected chi connectivity index (χ3v) is 3.22. The van der Waals surface area contributed by atoms with E-state index in [1.807, 2.05) is 42.5 Å². The lowest BCUT2D eigenvalue weighted by Gasteiger charge is -2.11. The van der Waals surface area contributed by atoms with Gasteiger partial charge >= 0.3 is 0 Å². The van der Waals surface area contributed by atoms with Gasteiger partial charge in [-0.1, -0.05) is 36.4 Å². The monoisotopic (exact) mass is 265 g/mol. The van der Waals surface area contributed by atoms with E-state index in [0.717, 1.165) is 27.8 Å². The zero-order valence-corrected chi connectivity index (χ0v) is 10.9. The Morgan fingerprint density at radius 1 is 0.900 bits per heavy atom. The van der Waals surface area contributed by atoms with Crippen LogP contribution >= 0.6 is 0 Å². The van der Waals surface area contributed by atoms with Gasteiger partial charge < -0.3 is 15.6 Å². The molecule has 0 unspecified atom stereocenters. The first kappa shape index (κ1) is 12.4. The summed E-state index contributed by atoms with van der Waals surface area (Å²) in [5, 5.41) is 11.4. The van der Waals surface area contributed by atoms with Crippen LogP contribution in [0, 0.1) is 0 Å². The molecule has 0 amide bonds. The summed E-state index contributed by atoms with van der Waals surface area (Å²) in [6, 6.07) is 18.7. The third-order valence-electron chi connectivity index (χ3n) is 3.22. The van der Waals surface area contributed by atoms with Gasteiger partial charge in [0.2, 0.25) is 0 Å². The SMILES string of the molecule is Nc1ccc(OCc2cccc(O)c2)c2ccccc12. The van der Waals surface area contributed by atoms with Crippen molar-refractivity contribution in [2.45, 2.75) is 6.61 Å². The van der Waals surface area contributed by atoms with Crippen LogP contribution in [0.5, 0.6) is 11.5 Å². The van der Waals surface area contributed by atoms with Gasteiger partial charge in [-0.05, 0) is 29.8 Å². The van der Waals surface area contributed by atoms with E-state index in [1.54, 1.807) is 18.2 Å². The van der Waals surface area contributed by atoms with Crippen LogP contribution in [0.1, 0.15) is 5.56 Å². The molecule has 0 aliphatic heterocycles. The summed E-state index contributed by atoms with van der Waals surface area (Å²) in [4.78, 5) is 0. The number of fused-ring (bicyclic) bond motifs is 1. The van der Waals surface area contributed by atoms with Gasteiger partial charge in [-0.25, -0.2) is 0 Å². The van der Waals surface area contributed by atoms with Crippen molar-refractivity contribution in [1.29, 1.82) is 0 Å². The minimum atomic E-state index is 0.244. The molecule has 0 fully saturated rings. The molecule has 3 rings (SSSR count). The second-order valence-corrected chi connectivity index (χ2v) is 4.66. The van der Waals surface area contributed by atoms with Gasteiger partial charge in [-0.3, -0.25) is 0 Å². The summed E-state index contributed by atoms with van der Waals surface area (Å²) < 4.78 is 5.85. The van der Waals surface area contributed by atoms with Crippen LogP contribution in [0.15, 0.2) is 60.7 Å². The van der Waals surface area contributed by atoms with Crippen LogP contribution < -0.4 is 10.5 Å². The molecule has 3 N–H and O–H groups in total. The number of nitrogens with two attached hydrogens (primary N) is 1. The average molecular weight is 265 g/mol. The first-order chi connectivity index (χ1) is 9.74. The molecule has 0 bridgehead atoms. The summed E-state index contributed by atoms with van der Waals surface area (Å²) in [6.07, 6.45) is 0. The summed E-state index contributed by atoms with van der Waals surface area (Å²) in [7, 11) is 0. The van der Waals surface area contributed by atoms with Crippen molar-refractivity contribution >= 4 is 16.5 Å². The minimum Gasteiger partial charge on any atom is -0.508 e. The molecule has 0 aromatic heterocycles. The van der Waals surface area contributed by atoms with E-state index in [0.29, 0.717) is 6.61 Å². The number of ether oxygens (including phenoxy) is 1. The number of nitrogen functional groups attached to an aromatic ring is 1. The van der Waals surface area contributed by atoms with Crippen molar-refractivity contribution in [3.8, 4) is 11.5 Å². The molecule has 0 saturated carbocycles. The molecule has 0 heterocycles. The van der Waals surface area contributed by atoms with Crippen molar-refractivity contribution in [3.05, 3.63) is 66.2 Å². The number of benzene rings is 3. The maximum atomic E-state index is 9.45. The number of rotatable bonds is 3. The second-order valence-electron chi connectivity index (χ2n) is 4.66. The van der Waals surface area contributed by atoms with Crippen molar-refractivity contribution in [2.75, 3.05) is 5.73 Å². The molecular weight excluding hydrogens is 250 g/mol. The molecule has 3 aromatic rings. The highest BCUT2D eigenvalue weighted by atomic mass is 16.5. The Hall–Kier alpha value is -2.68. The summed E-state index contributed by atoms with van der Waals surface area (Å²) in [6.45, 7) is 0.405. The highest BCUT2D eigenvalue weighted by molar-refractivity contribution is 5.96. The zero-order chi connectivity index (χ0) is 13.9. The molecule has 0 atom stereocenters. The largest absolute Gasteiger partial charge is 0.508 e. The molecule has 3 heteroatoms.